The highest BCUT2D eigenvalue weighted by Gasteiger charge is 2.19. The van der Waals surface area contributed by atoms with Gasteiger partial charge in [0, 0.05) is 12.6 Å². The van der Waals surface area contributed by atoms with Crippen molar-refractivity contribution in [1.82, 2.24) is 15.2 Å². The summed E-state index contributed by atoms with van der Waals surface area (Å²) in [6.07, 6.45) is 1.48. The number of nitrogens with zero attached hydrogens (tertiary/aromatic N) is 1. The maximum atomic E-state index is 12.5. The van der Waals surface area contributed by atoms with Gasteiger partial charge in [0.15, 0.2) is 5.76 Å². The van der Waals surface area contributed by atoms with E-state index in [4.69, 9.17) is 4.52 Å². The second-order valence-corrected chi connectivity index (χ2v) is 6.60. The Morgan fingerprint density at radius 2 is 2.00 bits per heavy atom. The highest BCUT2D eigenvalue weighted by Crippen LogP contribution is 2.21. The van der Waals surface area contributed by atoms with Gasteiger partial charge in [0.25, 0.3) is 0 Å². The van der Waals surface area contributed by atoms with E-state index in [1.54, 1.807) is 12.1 Å². The summed E-state index contributed by atoms with van der Waals surface area (Å²) in [7, 11) is -1.77. The molecule has 0 aliphatic rings. The molecule has 0 bridgehead atoms. The summed E-state index contributed by atoms with van der Waals surface area (Å²) >= 11 is 0. The van der Waals surface area contributed by atoms with Crippen LogP contribution in [0.3, 0.4) is 0 Å². The summed E-state index contributed by atoms with van der Waals surface area (Å²) in [6, 6.07) is 5.31. The molecule has 0 unspecified atom stereocenters. The van der Waals surface area contributed by atoms with Crippen LogP contribution in [0.4, 0.5) is 0 Å². The van der Waals surface area contributed by atoms with E-state index in [9.17, 15) is 8.42 Å². The third kappa shape index (κ3) is 3.69. The lowest BCUT2D eigenvalue weighted by molar-refractivity contribution is 0.380. The van der Waals surface area contributed by atoms with Crippen LogP contribution >= 0.6 is 0 Å². The van der Waals surface area contributed by atoms with E-state index >= 15 is 0 Å². The van der Waals surface area contributed by atoms with E-state index in [0.717, 1.165) is 16.7 Å². The Bertz CT molecular complexity index is 709. The average molecular weight is 309 g/mol. The number of aromatic nitrogens is 1. The molecule has 0 amide bonds. The largest absolute Gasteiger partial charge is 0.360 e. The molecule has 1 aromatic carbocycles. The number of hydrogen-bond acceptors (Lipinski definition) is 5. The Labute approximate surface area is 124 Å². The first kappa shape index (κ1) is 15.7. The number of sulfonamides is 1. The standard InChI is InChI=1S/C14H19N3O3S/c1-10-6-12(8-15-3)7-14(11(10)2)21(18,19)17-9-13-4-5-16-20-13/h4-7,15,17H,8-9H2,1-3H3. The maximum absolute atomic E-state index is 12.5. The molecule has 0 radical (unpaired) electrons. The lowest BCUT2D eigenvalue weighted by Crippen LogP contribution is -2.24. The van der Waals surface area contributed by atoms with Gasteiger partial charge in [0.1, 0.15) is 0 Å². The number of benzene rings is 1. The molecule has 1 heterocycles. The molecule has 0 fully saturated rings. The Morgan fingerprint density at radius 1 is 1.24 bits per heavy atom. The predicted molar refractivity (Wildman–Crippen MR) is 79.2 cm³/mol. The Morgan fingerprint density at radius 3 is 2.62 bits per heavy atom. The molecule has 114 valence electrons. The molecule has 7 heteroatoms. The van der Waals surface area contributed by atoms with Gasteiger partial charge < -0.3 is 9.84 Å². The Balaban J connectivity index is 2.30. The molecule has 0 aliphatic heterocycles. The fraction of sp³-hybridized carbons (Fsp3) is 0.357. The van der Waals surface area contributed by atoms with Crippen molar-refractivity contribution in [2.75, 3.05) is 7.05 Å². The second-order valence-electron chi connectivity index (χ2n) is 4.87. The lowest BCUT2D eigenvalue weighted by Gasteiger charge is -2.13. The molecular weight excluding hydrogens is 290 g/mol. The van der Waals surface area contributed by atoms with Crippen molar-refractivity contribution < 1.29 is 12.9 Å². The van der Waals surface area contributed by atoms with Crippen molar-refractivity contribution in [3.05, 3.63) is 46.8 Å². The van der Waals surface area contributed by atoms with Crippen LogP contribution in [-0.2, 0) is 23.1 Å². The van der Waals surface area contributed by atoms with Gasteiger partial charge in [-0.15, -0.1) is 0 Å². The average Bonchev–Trinajstić information content (AvgIpc) is 2.94. The lowest BCUT2D eigenvalue weighted by atomic mass is 10.1. The Kier molecular flexibility index (Phi) is 4.76. The van der Waals surface area contributed by atoms with E-state index in [2.05, 4.69) is 15.2 Å². The van der Waals surface area contributed by atoms with Crippen LogP contribution in [0, 0.1) is 13.8 Å². The molecule has 6 nitrogen and oxygen atoms in total. The van der Waals surface area contributed by atoms with E-state index < -0.39 is 10.0 Å². The monoisotopic (exact) mass is 309 g/mol. The highest BCUT2D eigenvalue weighted by molar-refractivity contribution is 7.89. The van der Waals surface area contributed by atoms with Crippen LogP contribution < -0.4 is 10.0 Å². The van der Waals surface area contributed by atoms with Crippen LogP contribution in [0.1, 0.15) is 22.5 Å². The molecule has 0 saturated heterocycles. The molecule has 0 aliphatic carbocycles. The van der Waals surface area contributed by atoms with Crippen molar-refractivity contribution in [2.45, 2.75) is 31.8 Å². The van der Waals surface area contributed by atoms with E-state index in [1.807, 2.05) is 27.0 Å². The minimum atomic E-state index is -3.60. The number of rotatable bonds is 6. The summed E-state index contributed by atoms with van der Waals surface area (Å²) in [5.41, 5.74) is 2.63. The molecule has 0 atom stereocenters. The number of aryl methyl sites for hydroxylation is 1. The first-order valence-electron chi connectivity index (χ1n) is 6.58. The second kappa shape index (κ2) is 6.38. The quantitative estimate of drug-likeness (QED) is 0.844. The van der Waals surface area contributed by atoms with Crippen LogP contribution in [0.25, 0.3) is 0 Å². The Hall–Kier alpha value is -1.70. The van der Waals surface area contributed by atoms with E-state index in [0.29, 0.717) is 17.2 Å². The topological polar surface area (TPSA) is 84.2 Å². The summed E-state index contributed by atoms with van der Waals surface area (Å²) in [6.45, 7) is 4.41. The third-order valence-corrected chi connectivity index (χ3v) is 4.81. The molecule has 2 rings (SSSR count). The smallest absolute Gasteiger partial charge is 0.241 e. The predicted octanol–water partition coefficient (Wildman–Crippen LogP) is 1.49. The zero-order chi connectivity index (χ0) is 15.5. The maximum Gasteiger partial charge on any atom is 0.241 e. The van der Waals surface area contributed by atoms with Crippen molar-refractivity contribution in [3.63, 3.8) is 0 Å². The first-order chi connectivity index (χ1) is 9.94. The van der Waals surface area contributed by atoms with Crippen LogP contribution in [0.15, 0.2) is 33.8 Å². The van der Waals surface area contributed by atoms with Gasteiger partial charge in [0.2, 0.25) is 10.0 Å². The SMILES string of the molecule is CNCc1cc(C)c(C)c(S(=O)(=O)NCc2ccno2)c1. The summed E-state index contributed by atoms with van der Waals surface area (Å²) in [5, 5.41) is 6.57. The minimum Gasteiger partial charge on any atom is -0.360 e. The molecule has 2 N–H and O–H groups in total. The van der Waals surface area contributed by atoms with Crippen molar-refractivity contribution in [1.29, 1.82) is 0 Å². The van der Waals surface area contributed by atoms with Crippen LogP contribution in [0.5, 0.6) is 0 Å². The van der Waals surface area contributed by atoms with Gasteiger partial charge in [-0.1, -0.05) is 11.2 Å². The van der Waals surface area contributed by atoms with Gasteiger partial charge in [-0.3, -0.25) is 0 Å². The zero-order valence-corrected chi connectivity index (χ0v) is 13.1. The highest BCUT2D eigenvalue weighted by atomic mass is 32.2. The van der Waals surface area contributed by atoms with Crippen LogP contribution in [-0.4, -0.2) is 20.6 Å². The summed E-state index contributed by atoms with van der Waals surface area (Å²) < 4.78 is 32.4. The normalized spacial score (nSPS) is 11.8. The van der Waals surface area contributed by atoms with Gasteiger partial charge >= 0.3 is 0 Å². The van der Waals surface area contributed by atoms with Gasteiger partial charge in [0.05, 0.1) is 17.6 Å². The van der Waals surface area contributed by atoms with E-state index in [1.165, 1.54) is 6.20 Å². The molecular formula is C14H19N3O3S. The van der Waals surface area contributed by atoms with Crippen molar-refractivity contribution in [3.8, 4) is 0 Å². The molecule has 0 saturated carbocycles. The molecule has 2 aromatic rings. The minimum absolute atomic E-state index is 0.0804. The van der Waals surface area contributed by atoms with Gasteiger partial charge in [-0.05, 0) is 43.7 Å². The molecule has 21 heavy (non-hydrogen) atoms. The summed E-state index contributed by atoms with van der Waals surface area (Å²) in [4.78, 5) is 0.298. The molecule has 1 aromatic heterocycles. The van der Waals surface area contributed by atoms with E-state index in [-0.39, 0.29) is 6.54 Å². The molecule has 0 spiro atoms. The summed E-state index contributed by atoms with van der Waals surface area (Å²) in [5.74, 6) is 0.472. The fourth-order valence-corrected chi connectivity index (χ4v) is 3.42. The first-order valence-corrected chi connectivity index (χ1v) is 8.06. The zero-order valence-electron chi connectivity index (χ0n) is 12.3. The van der Waals surface area contributed by atoms with Gasteiger partial charge in [-0.2, -0.15) is 0 Å². The van der Waals surface area contributed by atoms with Crippen molar-refractivity contribution in [2.24, 2.45) is 0 Å². The fourth-order valence-electron chi connectivity index (χ4n) is 2.06. The third-order valence-electron chi connectivity index (χ3n) is 3.28. The number of hydrogen-bond donors (Lipinski definition) is 2. The number of nitrogens with one attached hydrogen (secondary N) is 2. The van der Waals surface area contributed by atoms with Gasteiger partial charge in [-0.25, -0.2) is 13.1 Å². The van der Waals surface area contributed by atoms with Crippen molar-refractivity contribution >= 4 is 10.0 Å². The van der Waals surface area contributed by atoms with Crippen LogP contribution in [0.2, 0.25) is 0 Å².